The maximum Gasteiger partial charge on any atom is 0.255 e. The normalized spacial score (nSPS) is 11.1. The Balaban J connectivity index is 2.95. The molecule has 29 heavy (non-hydrogen) atoms. The third kappa shape index (κ3) is 9.51. The zero-order chi connectivity index (χ0) is 21.8. The van der Waals surface area contributed by atoms with E-state index in [1.165, 1.54) is 20.0 Å². The second-order valence-electron chi connectivity index (χ2n) is 6.22. The first kappa shape index (κ1) is 26.0. The van der Waals surface area contributed by atoms with E-state index < -0.39 is 27.7 Å². The van der Waals surface area contributed by atoms with Crippen LogP contribution < -0.4 is 20.1 Å². The molecule has 1 rings (SSSR count). The van der Waals surface area contributed by atoms with Gasteiger partial charge in [-0.3, -0.25) is 9.59 Å². The van der Waals surface area contributed by atoms with Gasteiger partial charge >= 0.3 is 0 Å². The van der Waals surface area contributed by atoms with Gasteiger partial charge in [-0.1, -0.05) is 85.1 Å². The number of unbranched alkanes of at least 4 members (excludes halogenated alkanes) is 4. The first-order chi connectivity index (χ1) is 13.8. The summed E-state index contributed by atoms with van der Waals surface area (Å²) in [6, 6.07) is 4.99. The maximum atomic E-state index is 11.9. The number of benzene rings is 1. The summed E-state index contributed by atoms with van der Waals surface area (Å²) in [7, 11) is 1.53. The van der Waals surface area contributed by atoms with Gasteiger partial charge in [-0.15, -0.1) is 0 Å². The van der Waals surface area contributed by atoms with Gasteiger partial charge in [-0.2, -0.15) is 0 Å². The fourth-order valence-corrected chi connectivity index (χ4v) is 2.74. The van der Waals surface area contributed by atoms with Crippen LogP contribution in [0.15, 0.2) is 18.2 Å². The Kier molecular flexibility index (Phi) is 12.5. The molecule has 6 nitrogen and oxygen atoms in total. The monoisotopic (exact) mass is 486 g/mol. The average molecular weight is 488 g/mol. The molecule has 0 unspecified atom stereocenters. The lowest BCUT2D eigenvalue weighted by Crippen LogP contribution is -2.44. The van der Waals surface area contributed by atoms with Gasteiger partial charge in [0.2, 0.25) is 0 Å². The molecule has 0 aliphatic carbocycles. The quantitative estimate of drug-likeness (QED) is 0.236. The highest BCUT2D eigenvalue weighted by molar-refractivity contribution is 6.54. The number of hydrogen-bond acceptors (Lipinski definition) is 4. The molecule has 1 aromatic carbocycles. The van der Waals surface area contributed by atoms with Crippen LogP contribution >= 0.6 is 46.4 Å². The fraction of sp³-hybridized carbons (Fsp3) is 0.579. The van der Waals surface area contributed by atoms with Crippen LogP contribution in [0.4, 0.5) is 0 Å². The second-order valence-corrected chi connectivity index (χ2v) is 8.42. The van der Waals surface area contributed by atoms with E-state index in [2.05, 4.69) is 17.6 Å². The maximum absolute atomic E-state index is 11.9. The third-order valence-corrected chi connectivity index (χ3v) is 4.79. The van der Waals surface area contributed by atoms with Gasteiger partial charge in [0.1, 0.15) is 6.17 Å². The zero-order valence-corrected chi connectivity index (χ0v) is 19.4. The van der Waals surface area contributed by atoms with Gasteiger partial charge in [-0.05, 0) is 24.1 Å². The molecule has 2 N–H and O–H groups in total. The number of hydrogen-bond donors (Lipinski definition) is 2. The van der Waals surface area contributed by atoms with E-state index >= 15 is 0 Å². The highest BCUT2D eigenvalue weighted by Gasteiger charge is 2.24. The van der Waals surface area contributed by atoms with Crippen molar-refractivity contribution in [3.8, 4) is 11.5 Å². The number of alkyl halides is 4. The lowest BCUT2D eigenvalue weighted by Gasteiger charge is -2.22. The lowest BCUT2D eigenvalue weighted by atomic mass is 10.1. The van der Waals surface area contributed by atoms with Crippen LogP contribution in [0.2, 0.25) is 0 Å². The van der Waals surface area contributed by atoms with Crippen molar-refractivity contribution in [1.29, 1.82) is 0 Å². The minimum Gasteiger partial charge on any atom is -0.493 e. The fourth-order valence-electron chi connectivity index (χ4n) is 2.49. The SMILES string of the molecule is CCCCCCCOc1cc(C(NC(=O)C(Cl)Cl)NC(=O)C(Cl)Cl)ccc1OC. The van der Waals surface area contributed by atoms with Crippen molar-refractivity contribution in [3.63, 3.8) is 0 Å². The predicted octanol–water partition coefficient (Wildman–Crippen LogP) is 4.88. The molecule has 0 radical (unpaired) electrons. The second kappa shape index (κ2) is 14.0. The van der Waals surface area contributed by atoms with Crippen molar-refractivity contribution >= 4 is 58.2 Å². The zero-order valence-electron chi connectivity index (χ0n) is 16.4. The largest absolute Gasteiger partial charge is 0.493 e. The summed E-state index contributed by atoms with van der Waals surface area (Å²) in [5.74, 6) is -0.364. The van der Waals surface area contributed by atoms with Crippen molar-refractivity contribution in [1.82, 2.24) is 10.6 Å². The van der Waals surface area contributed by atoms with E-state index in [0.717, 1.165) is 19.3 Å². The van der Waals surface area contributed by atoms with Crippen molar-refractivity contribution in [2.45, 2.75) is 54.9 Å². The molecule has 0 aromatic heterocycles. The molecule has 0 heterocycles. The van der Waals surface area contributed by atoms with Crippen LogP contribution in [0.25, 0.3) is 0 Å². The molecule has 1 aromatic rings. The number of rotatable bonds is 13. The van der Waals surface area contributed by atoms with Gasteiger partial charge in [0.15, 0.2) is 21.2 Å². The van der Waals surface area contributed by atoms with E-state index in [4.69, 9.17) is 55.9 Å². The molecule has 0 saturated heterocycles. The average Bonchev–Trinajstić information content (AvgIpc) is 2.69. The molecule has 0 spiro atoms. The first-order valence-electron chi connectivity index (χ1n) is 9.27. The van der Waals surface area contributed by atoms with Gasteiger partial charge < -0.3 is 20.1 Å². The minimum absolute atomic E-state index is 0.482. The smallest absolute Gasteiger partial charge is 0.255 e. The molecule has 2 amide bonds. The van der Waals surface area contributed by atoms with Crippen molar-refractivity contribution in [3.05, 3.63) is 23.8 Å². The number of carbonyl (C=O) groups excluding carboxylic acids is 2. The Bertz CT molecular complexity index is 637. The Morgan fingerprint density at radius 2 is 1.52 bits per heavy atom. The standard InChI is InChI=1S/C19H26Cl4N2O4/c1-3-4-5-6-7-10-29-14-11-12(8-9-13(14)28-2)17(24-18(26)15(20)21)25-19(27)16(22)23/h8-9,11,15-17H,3-7,10H2,1-2H3,(H,24,26)(H,25,27). The molecular weight excluding hydrogens is 462 g/mol. The lowest BCUT2D eigenvalue weighted by molar-refractivity contribution is -0.122. The molecule has 0 aliphatic heterocycles. The summed E-state index contributed by atoms with van der Waals surface area (Å²) >= 11 is 22.4. The van der Waals surface area contributed by atoms with E-state index in [1.54, 1.807) is 18.2 Å². The summed E-state index contributed by atoms with van der Waals surface area (Å²) in [6.07, 6.45) is 4.55. The summed E-state index contributed by atoms with van der Waals surface area (Å²) in [6.45, 7) is 2.68. The highest BCUT2D eigenvalue weighted by Crippen LogP contribution is 2.30. The Labute approximate surface area is 191 Å². The van der Waals surface area contributed by atoms with Crippen LogP contribution in [0.5, 0.6) is 11.5 Å². The Morgan fingerprint density at radius 1 is 0.931 bits per heavy atom. The Morgan fingerprint density at radius 3 is 2.03 bits per heavy atom. The van der Waals surface area contributed by atoms with Crippen LogP contribution in [0.3, 0.4) is 0 Å². The number of amides is 2. The van der Waals surface area contributed by atoms with Crippen LogP contribution in [0, 0.1) is 0 Å². The van der Waals surface area contributed by atoms with Crippen LogP contribution in [-0.4, -0.2) is 35.2 Å². The predicted molar refractivity (Wildman–Crippen MR) is 117 cm³/mol. The molecule has 0 atom stereocenters. The van der Waals surface area contributed by atoms with E-state index in [9.17, 15) is 9.59 Å². The molecule has 164 valence electrons. The van der Waals surface area contributed by atoms with E-state index in [0.29, 0.717) is 23.7 Å². The summed E-state index contributed by atoms with van der Waals surface area (Å²) in [4.78, 5) is 21.2. The van der Waals surface area contributed by atoms with Gasteiger partial charge in [0.05, 0.1) is 13.7 Å². The molecule has 10 heteroatoms. The number of halogens is 4. The molecular formula is C19H26Cl4N2O4. The molecule has 0 bridgehead atoms. The first-order valence-corrected chi connectivity index (χ1v) is 11.0. The number of nitrogens with one attached hydrogen (secondary N) is 2. The minimum atomic E-state index is -1.31. The van der Waals surface area contributed by atoms with E-state index in [1.807, 2.05) is 0 Å². The van der Waals surface area contributed by atoms with Crippen LogP contribution in [0.1, 0.15) is 50.8 Å². The van der Waals surface area contributed by atoms with Crippen molar-refractivity contribution in [2.75, 3.05) is 13.7 Å². The van der Waals surface area contributed by atoms with Crippen LogP contribution in [-0.2, 0) is 9.59 Å². The summed E-state index contributed by atoms with van der Waals surface area (Å²) < 4.78 is 11.2. The topological polar surface area (TPSA) is 76.7 Å². The molecule has 0 aliphatic rings. The van der Waals surface area contributed by atoms with E-state index in [-0.39, 0.29) is 0 Å². The third-order valence-electron chi connectivity index (χ3n) is 4.00. The molecule has 0 fully saturated rings. The van der Waals surface area contributed by atoms with Gasteiger partial charge in [-0.25, -0.2) is 0 Å². The summed E-state index contributed by atoms with van der Waals surface area (Å²) in [5.41, 5.74) is 0.511. The number of carbonyl (C=O) groups is 2. The molecule has 0 saturated carbocycles. The summed E-state index contributed by atoms with van der Waals surface area (Å²) in [5, 5.41) is 5.05. The highest BCUT2D eigenvalue weighted by atomic mass is 35.5. The number of methoxy groups -OCH3 is 1. The van der Waals surface area contributed by atoms with Gasteiger partial charge in [0, 0.05) is 0 Å². The van der Waals surface area contributed by atoms with Gasteiger partial charge in [0.25, 0.3) is 11.8 Å². The van der Waals surface area contributed by atoms with Crippen molar-refractivity contribution in [2.24, 2.45) is 0 Å². The number of ether oxygens (including phenoxy) is 2. The Hall–Kier alpha value is -1.08. The van der Waals surface area contributed by atoms with Crippen molar-refractivity contribution < 1.29 is 19.1 Å².